The van der Waals surface area contributed by atoms with Gasteiger partial charge in [0.15, 0.2) is 6.17 Å². The van der Waals surface area contributed by atoms with Gasteiger partial charge in [-0.05, 0) is 36.8 Å². The molecule has 3 aromatic rings. The van der Waals surface area contributed by atoms with E-state index in [9.17, 15) is 4.79 Å². The molecule has 4 rings (SSSR count). The maximum Gasteiger partial charge on any atom is 0.440 e. The molecule has 1 fully saturated rings. The smallest absolute Gasteiger partial charge is 0.319 e. The number of carbonyl (C=O) groups excluding carboxylic acids is 1. The highest BCUT2D eigenvalue weighted by Gasteiger charge is 2.42. The van der Waals surface area contributed by atoms with E-state index in [0.29, 0.717) is 0 Å². The number of hydroxylamine groups is 1. The molecule has 3 aromatic carbocycles. The van der Waals surface area contributed by atoms with Gasteiger partial charge in [-0.15, -0.1) is 0 Å². The van der Waals surface area contributed by atoms with Gasteiger partial charge in [0.2, 0.25) is 0 Å². The Morgan fingerprint density at radius 3 is 2.00 bits per heavy atom. The Balaban J connectivity index is 1.82. The molecule has 4 nitrogen and oxygen atoms in total. The molecule has 0 aromatic heterocycles. The maximum absolute atomic E-state index is 12.7. The Labute approximate surface area is 146 Å². The molecule has 1 heterocycles. The minimum atomic E-state index is -0.387. The first-order valence-electron chi connectivity index (χ1n) is 8.21. The number of aryl methyl sites for hydroxylation is 1. The Morgan fingerprint density at radius 2 is 1.36 bits per heavy atom. The summed E-state index contributed by atoms with van der Waals surface area (Å²) in [7, 11) is 0. The van der Waals surface area contributed by atoms with Crippen molar-refractivity contribution in [3.63, 3.8) is 0 Å². The number of amides is 1. The van der Waals surface area contributed by atoms with Crippen molar-refractivity contribution < 1.29 is 9.63 Å². The number of hydrogen-bond acceptors (Lipinski definition) is 3. The van der Waals surface area contributed by atoms with Crippen LogP contribution in [-0.2, 0) is 4.84 Å². The normalized spacial score (nSPS) is 16.8. The number of rotatable bonds is 3. The molecule has 1 aliphatic rings. The van der Waals surface area contributed by atoms with Crippen molar-refractivity contribution in [2.75, 3.05) is 9.96 Å². The fourth-order valence-corrected chi connectivity index (χ4v) is 3.01. The van der Waals surface area contributed by atoms with Gasteiger partial charge >= 0.3 is 6.09 Å². The van der Waals surface area contributed by atoms with E-state index in [1.54, 1.807) is 9.96 Å². The number of carbonyl (C=O) groups is 1. The van der Waals surface area contributed by atoms with Crippen molar-refractivity contribution in [3.8, 4) is 0 Å². The van der Waals surface area contributed by atoms with E-state index in [4.69, 9.17) is 4.84 Å². The molecule has 1 aliphatic heterocycles. The van der Waals surface area contributed by atoms with Crippen LogP contribution in [-0.4, -0.2) is 6.09 Å². The van der Waals surface area contributed by atoms with Crippen LogP contribution in [0, 0.1) is 6.92 Å². The molecule has 0 spiro atoms. The molecule has 1 saturated heterocycles. The second kappa shape index (κ2) is 6.32. The summed E-state index contributed by atoms with van der Waals surface area (Å²) in [5.41, 5.74) is 3.77. The molecule has 0 aliphatic carbocycles. The Kier molecular flexibility index (Phi) is 3.86. The summed E-state index contributed by atoms with van der Waals surface area (Å²) in [6, 6.07) is 27.5. The largest absolute Gasteiger partial charge is 0.440 e. The van der Waals surface area contributed by atoms with E-state index in [0.717, 1.165) is 22.5 Å². The number of para-hydroxylation sites is 1. The van der Waals surface area contributed by atoms with Crippen molar-refractivity contribution >= 4 is 17.5 Å². The first kappa shape index (κ1) is 15.3. The quantitative estimate of drug-likeness (QED) is 0.672. The number of nitrogens with zero attached hydrogens (tertiary/aromatic N) is 2. The summed E-state index contributed by atoms with van der Waals surface area (Å²) >= 11 is 0. The van der Waals surface area contributed by atoms with E-state index in [-0.39, 0.29) is 12.3 Å². The van der Waals surface area contributed by atoms with Gasteiger partial charge in [0.05, 0.1) is 5.69 Å². The first-order valence-corrected chi connectivity index (χ1v) is 8.21. The second-order valence-electron chi connectivity index (χ2n) is 6.01. The van der Waals surface area contributed by atoms with Crippen LogP contribution < -0.4 is 9.96 Å². The maximum atomic E-state index is 12.7. The third-order valence-electron chi connectivity index (χ3n) is 4.26. The van der Waals surface area contributed by atoms with Gasteiger partial charge in [-0.1, -0.05) is 66.2 Å². The number of benzene rings is 3. The Hall–Kier alpha value is -3.27. The van der Waals surface area contributed by atoms with E-state index in [1.165, 1.54) is 0 Å². The molecule has 25 heavy (non-hydrogen) atoms. The zero-order chi connectivity index (χ0) is 17.2. The van der Waals surface area contributed by atoms with Crippen LogP contribution in [0.1, 0.15) is 17.3 Å². The van der Waals surface area contributed by atoms with Crippen LogP contribution in [0.4, 0.5) is 16.2 Å². The lowest BCUT2D eigenvalue weighted by molar-refractivity contribution is 0.164. The minimum Gasteiger partial charge on any atom is -0.319 e. The van der Waals surface area contributed by atoms with E-state index >= 15 is 0 Å². The van der Waals surface area contributed by atoms with Crippen molar-refractivity contribution in [2.45, 2.75) is 13.1 Å². The monoisotopic (exact) mass is 330 g/mol. The van der Waals surface area contributed by atoms with E-state index in [2.05, 4.69) is 0 Å². The van der Waals surface area contributed by atoms with Gasteiger partial charge in [-0.25, -0.2) is 9.69 Å². The fourth-order valence-electron chi connectivity index (χ4n) is 3.01. The van der Waals surface area contributed by atoms with Gasteiger partial charge in [-0.2, -0.15) is 5.06 Å². The van der Waals surface area contributed by atoms with Crippen LogP contribution in [0.15, 0.2) is 84.9 Å². The second-order valence-corrected chi connectivity index (χ2v) is 6.01. The number of hydrogen-bond donors (Lipinski definition) is 0. The van der Waals surface area contributed by atoms with Gasteiger partial charge < -0.3 is 4.84 Å². The van der Waals surface area contributed by atoms with E-state index in [1.807, 2.05) is 91.9 Å². The zero-order valence-corrected chi connectivity index (χ0v) is 13.9. The first-order chi connectivity index (χ1) is 12.2. The predicted octanol–water partition coefficient (Wildman–Crippen LogP) is 5.07. The molecule has 1 unspecified atom stereocenters. The van der Waals surface area contributed by atoms with Gasteiger partial charge in [0, 0.05) is 5.69 Å². The van der Waals surface area contributed by atoms with Crippen LogP contribution in [0.5, 0.6) is 0 Å². The van der Waals surface area contributed by atoms with Crippen LogP contribution >= 0.6 is 0 Å². The van der Waals surface area contributed by atoms with Crippen molar-refractivity contribution in [3.05, 3.63) is 96.1 Å². The average molecular weight is 330 g/mol. The average Bonchev–Trinajstić information content (AvgIpc) is 3.01. The highest BCUT2D eigenvalue weighted by Crippen LogP contribution is 2.39. The Morgan fingerprint density at radius 1 is 0.760 bits per heavy atom. The van der Waals surface area contributed by atoms with Gasteiger partial charge in [0.1, 0.15) is 0 Å². The summed E-state index contributed by atoms with van der Waals surface area (Å²) in [5, 5.41) is 1.66. The van der Waals surface area contributed by atoms with Gasteiger partial charge in [0.25, 0.3) is 0 Å². The molecule has 0 saturated carbocycles. The van der Waals surface area contributed by atoms with Crippen LogP contribution in [0.2, 0.25) is 0 Å². The fraction of sp³-hybridized carbons (Fsp3) is 0.0952. The number of anilines is 2. The molecule has 0 radical (unpaired) electrons. The highest BCUT2D eigenvalue weighted by molar-refractivity contribution is 5.92. The zero-order valence-electron chi connectivity index (χ0n) is 13.9. The highest BCUT2D eigenvalue weighted by atomic mass is 16.7. The van der Waals surface area contributed by atoms with Crippen molar-refractivity contribution in [1.29, 1.82) is 0 Å². The lowest BCUT2D eigenvalue weighted by Crippen LogP contribution is -2.31. The standard InChI is InChI=1S/C21H18N2O2/c1-16-12-14-18(15-13-16)22-20(17-8-4-2-5-9-17)23(25-21(22)24)19-10-6-3-7-11-19/h2-15,20H,1H3. The lowest BCUT2D eigenvalue weighted by atomic mass is 10.1. The summed E-state index contributed by atoms with van der Waals surface area (Å²) in [4.78, 5) is 20.0. The van der Waals surface area contributed by atoms with Gasteiger partial charge in [-0.3, -0.25) is 0 Å². The minimum absolute atomic E-state index is 0.362. The SMILES string of the molecule is Cc1ccc(N2C(=O)ON(c3ccccc3)C2c2ccccc2)cc1. The predicted molar refractivity (Wildman–Crippen MR) is 98.2 cm³/mol. The molecular weight excluding hydrogens is 312 g/mol. The molecule has 4 heteroatoms. The molecule has 1 amide bonds. The molecule has 0 bridgehead atoms. The third-order valence-corrected chi connectivity index (χ3v) is 4.26. The summed E-state index contributed by atoms with van der Waals surface area (Å²) in [6.45, 7) is 2.02. The third kappa shape index (κ3) is 2.83. The summed E-state index contributed by atoms with van der Waals surface area (Å²) in [6.07, 6.45) is -0.750. The van der Waals surface area contributed by atoms with Crippen molar-refractivity contribution in [2.24, 2.45) is 0 Å². The van der Waals surface area contributed by atoms with Crippen LogP contribution in [0.3, 0.4) is 0 Å². The topological polar surface area (TPSA) is 32.8 Å². The molecule has 1 atom stereocenters. The Bertz CT molecular complexity index is 863. The molecule has 0 N–H and O–H groups in total. The van der Waals surface area contributed by atoms with Crippen LogP contribution in [0.25, 0.3) is 0 Å². The summed E-state index contributed by atoms with van der Waals surface area (Å²) < 4.78 is 0. The lowest BCUT2D eigenvalue weighted by Gasteiger charge is -2.27. The summed E-state index contributed by atoms with van der Waals surface area (Å²) in [5.74, 6) is 0. The molecular formula is C21H18N2O2. The van der Waals surface area contributed by atoms with Crippen molar-refractivity contribution in [1.82, 2.24) is 0 Å². The van der Waals surface area contributed by atoms with E-state index < -0.39 is 0 Å². The molecule has 124 valence electrons.